The maximum atomic E-state index is 5.27. The molecule has 0 radical (unpaired) electrons. The van der Waals surface area contributed by atoms with Gasteiger partial charge in [-0.25, -0.2) is 0 Å². The van der Waals surface area contributed by atoms with Crippen LogP contribution in [0, 0.1) is 0 Å². The van der Waals surface area contributed by atoms with Crippen LogP contribution >= 0.6 is 11.3 Å². The van der Waals surface area contributed by atoms with Gasteiger partial charge in [0.15, 0.2) is 5.96 Å². The lowest BCUT2D eigenvalue weighted by atomic mass is 10.4. The van der Waals surface area contributed by atoms with Crippen molar-refractivity contribution in [3.05, 3.63) is 21.9 Å². The van der Waals surface area contributed by atoms with Gasteiger partial charge in [0.1, 0.15) is 0 Å². The maximum Gasteiger partial charge on any atom is 0.191 e. The minimum absolute atomic E-state index is 0.705. The number of aliphatic imine (C=N–C) groups is 1. The van der Waals surface area contributed by atoms with Gasteiger partial charge in [-0.1, -0.05) is 6.92 Å². The lowest BCUT2D eigenvalue weighted by Crippen LogP contribution is -2.38. The summed E-state index contributed by atoms with van der Waals surface area (Å²) in [6.07, 6.45) is 1.10. The van der Waals surface area contributed by atoms with Gasteiger partial charge < -0.3 is 15.4 Å². The number of guanidine groups is 1. The van der Waals surface area contributed by atoms with E-state index in [9.17, 15) is 0 Å². The highest BCUT2D eigenvalue weighted by Crippen LogP contribution is 2.16. The van der Waals surface area contributed by atoms with Crippen molar-refractivity contribution < 1.29 is 4.74 Å². The molecule has 1 heterocycles. The fraction of sp³-hybridized carbons (Fsp3) is 0.615. The minimum Gasteiger partial charge on any atom is -0.380 e. The molecule has 0 spiro atoms. The molecule has 0 saturated carbocycles. The molecule has 0 aromatic carbocycles. The largest absolute Gasteiger partial charge is 0.380 e. The summed E-state index contributed by atoms with van der Waals surface area (Å²) in [5, 5.41) is 6.51. The molecular weight excluding hydrogens is 246 g/mol. The Balaban J connectivity index is 2.26. The number of nitrogens with one attached hydrogen (secondary N) is 2. The lowest BCUT2D eigenvalue weighted by Gasteiger charge is -2.10. The van der Waals surface area contributed by atoms with Gasteiger partial charge >= 0.3 is 0 Å². The molecule has 0 bridgehead atoms. The standard InChI is InChI=1S/C13H23N3OS/c1-4-11-6-7-12(18-11)10-16-13(14-3)15-8-9-17-5-2/h6-7H,4-5,8-10H2,1-3H3,(H2,14,15,16). The molecule has 4 nitrogen and oxygen atoms in total. The molecule has 5 heteroatoms. The third-order valence-corrected chi connectivity index (χ3v) is 3.69. The second kappa shape index (κ2) is 8.94. The predicted molar refractivity (Wildman–Crippen MR) is 78.4 cm³/mol. The Bertz CT molecular complexity index is 363. The molecule has 0 aliphatic heterocycles. The van der Waals surface area contributed by atoms with Gasteiger partial charge in [-0.3, -0.25) is 4.99 Å². The summed E-state index contributed by atoms with van der Waals surface area (Å²) in [4.78, 5) is 6.93. The summed E-state index contributed by atoms with van der Waals surface area (Å²) >= 11 is 1.85. The summed E-state index contributed by atoms with van der Waals surface area (Å²) < 4.78 is 5.27. The van der Waals surface area contributed by atoms with Gasteiger partial charge in [-0.05, 0) is 25.5 Å². The molecular formula is C13H23N3OS. The summed E-state index contributed by atoms with van der Waals surface area (Å²) in [6, 6.07) is 4.36. The van der Waals surface area contributed by atoms with Crippen LogP contribution in [0.15, 0.2) is 17.1 Å². The Morgan fingerprint density at radius 1 is 1.28 bits per heavy atom. The molecule has 0 aliphatic rings. The van der Waals surface area contributed by atoms with Gasteiger partial charge in [0.05, 0.1) is 13.2 Å². The molecule has 102 valence electrons. The molecule has 18 heavy (non-hydrogen) atoms. The fourth-order valence-corrected chi connectivity index (χ4v) is 2.38. The molecule has 0 saturated heterocycles. The first kappa shape index (κ1) is 15.0. The fourth-order valence-electron chi connectivity index (χ4n) is 1.48. The van der Waals surface area contributed by atoms with E-state index in [2.05, 4.69) is 34.7 Å². The number of hydrogen-bond acceptors (Lipinski definition) is 3. The van der Waals surface area contributed by atoms with Crippen molar-refractivity contribution in [2.24, 2.45) is 4.99 Å². The Kier molecular flexibility index (Phi) is 7.44. The van der Waals surface area contributed by atoms with Crippen LogP contribution in [0.4, 0.5) is 0 Å². The molecule has 0 aliphatic carbocycles. The van der Waals surface area contributed by atoms with Crippen LogP contribution < -0.4 is 10.6 Å². The second-order valence-corrected chi connectivity index (χ2v) is 5.02. The summed E-state index contributed by atoms with van der Waals surface area (Å²) in [5.41, 5.74) is 0. The average Bonchev–Trinajstić information content (AvgIpc) is 2.86. The van der Waals surface area contributed by atoms with Crippen LogP contribution in [-0.4, -0.2) is 32.8 Å². The highest BCUT2D eigenvalue weighted by Gasteiger charge is 2.00. The van der Waals surface area contributed by atoms with E-state index >= 15 is 0 Å². The smallest absolute Gasteiger partial charge is 0.191 e. The first-order valence-electron chi connectivity index (χ1n) is 6.40. The zero-order valence-corrected chi connectivity index (χ0v) is 12.3. The third-order valence-electron chi connectivity index (χ3n) is 2.46. The Morgan fingerprint density at radius 2 is 2.06 bits per heavy atom. The zero-order valence-electron chi connectivity index (χ0n) is 11.5. The number of ether oxygens (including phenoxy) is 1. The lowest BCUT2D eigenvalue weighted by molar-refractivity contribution is 0.152. The number of nitrogens with zero attached hydrogens (tertiary/aromatic N) is 1. The number of aryl methyl sites for hydroxylation is 1. The van der Waals surface area contributed by atoms with Crippen molar-refractivity contribution in [2.75, 3.05) is 26.8 Å². The predicted octanol–water partition coefficient (Wildman–Crippen LogP) is 2.01. The zero-order chi connectivity index (χ0) is 13.2. The molecule has 2 N–H and O–H groups in total. The van der Waals surface area contributed by atoms with E-state index in [0.717, 1.165) is 32.1 Å². The van der Waals surface area contributed by atoms with E-state index in [4.69, 9.17) is 4.74 Å². The molecule has 0 unspecified atom stereocenters. The molecule has 1 aromatic rings. The van der Waals surface area contributed by atoms with E-state index < -0.39 is 0 Å². The second-order valence-electron chi connectivity index (χ2n) is 3.77. The average molecular weight is 269 g/mol. The van der Waals surface area contributed by atoms with Crippen molar-refractivity contribution in [1.29, 1.82) is 0 Å². The van der Waals surface area contributed by atoms with Gasteiger partial charge in [0.25, 0.3) is 0 Å². The Hall–Kier alpha value is -1.07. The van der Waals surface area contributed by atoms with Crippen LogP contribution in [0.25, 0.3) is 0 Å². The summed E-state index contributed by atoms with van der Waals surface area (Å²) in [7, 11) is 1.78. The van der Waals surface area contributed by atoms with Crippen molar-refractivity contribution in [1.82, 2.24) is 10.6 Å². The quantitative estimate of drug-likeness (QED) is 0.452. The maximum absolute atomic E-state index is 5.27. The molecule has 0 amide bonds. The highest BCUT2D eigenvalue weighted by molar-refractivity contribution is 7.11. The van der Waals surface area contributed by atoms with E-state index in [-0.39, 0.29) is 0 Å². The van der Waals surface area contributed by atoms with Gasteiger partial charge in [0, 0.05) is 30.0 Å². The number of rotatable bonds is 7. The van der Waals surface area contributed by atoms with E-state index in [1.807, 2.05) is 18.3 Å². The van der Waals surface area contributed by atoms with Crippen molar-refractivity contribution >= 4 is 17.3 Å². The van der Waals surface area contributed by atoms with E-state index in [0.29, 0.717) is 6.61 Å². The number of thiophene rings is 1. The van der Waals surface area contributed by atoms with Crippen LogP contribution in [0.2, 0.25) is 0 Å². The van der Waals surface area contributed by atoms with Crippen molar-refractivity contribution in [3.63, 3.8) is 0 Å². The van der Waals surface area contributed by atoms with Crippen LogP contribution in [-0.2, 0) is 17.7 Å². The minimum atomic E-state index is 0.705. The van der Waals surface area contributed by atoms with E-state index in [1.165, 1.54) is 9.75 Å². The third kappa shape index (κ3) is 5.51. The monoisotopic (exact) mass is 269 g/mol. The van der Waals surface area contributed by atoms with Crippen LogP contribution in [0.5, 0.6) is 0 Å². The van der Waals surface area contributed by atoms with Gasteiger partial charge in [0.2, 0.25) is 0 Å². The van der Waals surface area contributed by atoms with Crippen LogP contribution in [0.3, 0.4) is 0 Å². The van der Waals surface area contributed by atoms with E-state index in [1.54, 1.807) is 7.05 Å². The number of hydrogen-bond donors (Lipinski definition) is 2. The van der Waals surface area contributed by atoms with Gasteiger partial charge in [-0.15, -0.1) is 11.3 Å². The summed E-state index contributed by atoms with van der Waals surface area (Å²) in [6.45, 7) is 7.22. The van der Waals surface area contributed by atoms with Crippen molar-refractivity contribution in [2.45, 2.75) is 26.8 Å². The highest BCUT2D eigenvalue weighted by atomic mass is 32.1. The van der Waals surface area contributed by atoms with Crippen LogP contribution in [0.1, 0.15) is 23.6 Å². The molecule has 0 atom stereocenters. The molecule has 1 rings (SSSR count). The Morgan fingerprint density at radius 3 is 2.67 bits per heavy atom. The SMILES string of the molecule is CCOCCNC(=NC)NCc1ccc(CC)s1. The normalized spacial score (nSPS) is 11.6. The first-order valence-corrected chi connectivity index (χ1v) is 7.21. The summed E-state index contributed by atoms with van der Waals surface area (Å²) in [5.74, 6) is 0.821. The van der Waals surface area contributed by atoms with Crippen molar-refractivity contribution in [3.8, 4) is 0 Å². The van der Waals surface area contributed by atoms with Gasteiger partial charge in [-0.2, -0.15) is 0 Å². The Labute approximate surface area is 113 Å². The topological polar surface area (TPSA) is 45.6 Å². The first-order chi connectivity index (χ1) is 8.80. The molecule has 0 fully saturated rings. The molecule has 1 aromatic heterocycles.